The van der Waals surface area contributed by atoms with Crippen molar-refractivity contribution in [1.29, 1.82) is 0 Å². The topological polar surface area (TPSA) is 97.1 Å². The number of pyridine rings is 1. The molecule has 0 spiro atoms. The maximum Gasteiger partial charge on any atom is 0.326 e. The standard InChI is InChI=1S/C19H20N4O3/c1-12(2)23-17-14(11-21-23)9-15(10-20-17)18(24)22-16(19(25)26)8-13-6-4-3-5-7-13/h3-7,9-12,16H,8H2,1-2H3,(H,22,24)(H,25,26). The number of nitrogens with one attached hydrogen (secondary N) is 1. The van der Waals surface area contributed by atoms with Crippen LogP contribution < -0.4 is 5.32 Å². The van der Waals surface area contributed by atoms with Crippen LogP contribution in [0.15, 0.2) is 48.8 Å². The van der Waals surface area contributed by atoms with Crippen LogP contribution in [0.4, 0.5) is 0 Å². The molecule has 0 saturated heterocycles. The van der Waals surface area contributed by atoms with Crippen LogP contribution in [0.5, 0.6) is 0 Å². The number of hydrogen-bond acceptors (Lipinski definition) is 4. The lowest BCUT2D eigenvalue weighted by molar-refractivity contribution is -0.139. The van der Waals surface area contributed by atoms with E-state index in [1.54, 1.807) is 16.9 Å². The van der Waals surface area contributed by atoms with Crippen LogP contribution in [0, 0.1) is 0 Å². The summed E-state index contributed by atoms with van der Waals surface area (Å²) < 4.78 is 1.77. The fourth-order valence-corrected chi connectivity index (χ4v) is 2.73. The van der Waals surface area contributed by atoms with E-state index in [0.29, 0.717) is 11.2 Å². The highest BCUT2D eigenvalue weighted by molar-refractivity contribution is 5.98. The van der Waals surface area contributed by atoms with Crippen molar-refractivity contribution in [2.75, 3.05) is 0 Å². The van der Waals surface area contributed by atoms with Crippen molar-refractivity contribution < 1.29 is 14.7 Å². The molecule has 134 valence electrons. The Hall–Kier alpha value is -3.22. The highest BCUT2D eigenvalue weighted by Gasteiger charge is 2.22. The van der Waals surface area contributed by atoms with E-state index >= 15 is 0 Å². The van der Waals surface area contributed by atoms with E-state index in [1.165, 1.54) is 6.20 Å². The zero-order chi connectivity index (χ0) is 18.7. The van der Waals surface area contributed by atoms with E-state index in [2.05, 4.69) is 15.4 Å². The number of fused-ring (bicyclic) bond motifs is 1. The number of amides is 1. The van der Waals surface area contributed by atoms with E-state index in [9.17, 15) is 14.7 Å². The molecule has 0 aliphatic carbocycles. The lowest BCUT2D eigenvalue weighted by Gasteiger charge is -2.14. The summed E-state index contributed by atoms with van der Waals surface area (Å²) in [6.07, 6.45) is 3.31. The number of aromatic nitrogens is 3. The minimum Gasteiger partial charge on any atom is -0.480 e. The van der Waals surface area contributed by atoms with Gasteiger partial charge >= 0.3 is 5.97 Å². The van der Waals surface area contributed by atoms with Gasteiger partial charge in [0.25, 0.3) is 5.91 Å². The predicted molar refractivity (Wildman–Crippen MR) is 96.9 cm³/mol. The minimum atomic E-state index is -1.08. The molecule has 7 heteroatoms. The first-order chi connectivity index (χ1) is 12.5. The van der Waals surface area contributed by atoms with Crippen molar-refractivity contribution in [2.24, 2.45) is 0 Å². The maximum atomic E-state index is 12.5. The summed E-state index contributed by atoms with van der Waals surface area (Å²) in [5.74, 6) is -1.55. The summed E-state index contributed by atoms with van der Waals surface area (Å²) in [6.45, 7) is 3.99. The Labute approximate surface area is 150 Å². The number of aliphatic carboxylic acids is 1. The normalized spacial score (nSPS) is 12.3. The van der Waals surface area contributed by atoms with Crippen LogP contribution in [0.3, 0.4) is 0 Å². The second kappa shape index (κ2) is 7.35. The molecule has 1 atom stereocenters. The Balaban J connectivity index is 1.79. The van der Waals surface area contributed by atoms with Gasteiger partial charge in [0.15, 0.2) is 5.65 Å². The molecule has 1 aromatic carbocycles. The van der Waals surface area contributed by atoms with Crippen LogP contribution >= 0.6 is 0 Å². The highest BCUT2D eigenvalue weighted by atomic mass is 16.4. The molecule has 0 aliphatic heterocycles. The van der Waals surface area contributed by atoms with Gasteiger partial charge in [0.1, 0.15) is 6.04 Å². The van der Waals surface area contributed by atoms with Gasteiger partial charge in [-0.2, -0.15) is 5.10 Å². The van der Waals surface area contributed by atoms with Gasteiger partial charge in [0.05, 0.1) is 11.8 Å². The van der Waals surface area contributed by atoms with Crippen LogP contribution in [0.1, 0.15) is 35.8 Å². The second-order valence-corrected chi connectivity index (χ2v) is 6.37. The van der Waals surface area contributed by atoms with E-state index < -0.39 is 17.9 Å². The van der Waals surface area contributed by atoms with Crippen molar-refractivity contribution in [3.63, 3.8) is 0 Å². The molecule has 7 nitrogen and oxygen atoms in total. The predicted octanol–water partition coefficient (Wildman–Crippen LogP) is 2.44. The zero-order valence-electron chi connectivity index (χ0n) is 14.6. The molecule has 0 aliphatic rings. The lowest BCUT2D eigenvalue weighted by Crippen LogP contribution is -2.42. The Kier molecular flexibility index (Phi) is 4.97. The zero-order valence-corrected chi connectivity index (χ0v) is 14.6. The molecular formula is C19H20N4O3. The molecule has 0 radical (unpaired) electrons. The number of carbonyl (C=O) groups is 2. The molecule has 2 N–H and O–H groups in total. The van der Waals surface area contributed by atoms with Gasteiger partial charge in [-0.25, -0.2) is 14.5 Å². The third-order valence-electron chi connectivity index (χ3n) is 4.07. The number of carboxylic acid groups (broad SMARTS) is 1. The van der Waals surface area contributed by atoms with Gasteiger partial charge in [-0.3, -0.25) is 4.79 Å². The number of rotatable bonds is 6. The van der Waals surface area contributed by atoms with Crippen LogP contribution in [-0.2, 0) is 11.2 Å². The van der Waals surface area contributed by atoms with Crippen molar-refractivity contribution >= 4 is 22.9 Å². The first-order valence-electron chi connectivity index (χ1n) is 8.36. The molecule has 0 saturated carbocycles. The third-order valence-corrected chi connectivity index (χ3v) is 4.07. The van der Waals surface area contributed by atoms with Crippen molar-refractivity contribution in [3.8, 4) is 0 Å². The summed E-state index contributed by atoms with van der Waals surface area (Å²) in [5.41, 5.74) is 1.84. The van der Waals surface area contributed by atoms with Crippen molar-refractivity contribution in [2.45, 2.75) is 32.4 Å². The number of benzene rings is 1. The Morgan fingerprint density at radius 2 is 1.92 bits per heavy atom. The molecular weight excluding hydrogens is 332 g/mol. The summed E-state index contributed by atoms with van der Waals surface area (Å²) >= 11 is 0. The maximum absolute atomic E-state index is 12.5. The van der Waals surface area contributed by atoms with E-state index in [4.69, 9.17) is 0 Å². The average molecular weight is 352 g/mol. The number of carboxylic acids is 1. The summed E-state index contributed by atoms with van der Waals surface area (Å²) in [4.78, 5) is 28.3. The number of carbonyl (C=O) groups excluding carboxylic acids is 1. The average Bonchev–Trinajstić information content (AvgIpc) is 3.05. The van der Waals surface area contributed by atoms with Gasteiger partial charge < -0.3 is 10.4 Å². The van der Waals surface area contributed by atoms with E-state index in [-0.39, 0.29) is 12.5 Å². The molecule has 0 fully saturated rings. The van der Waals surface area contributed by atoms with E-state index in [1.807, 2.05) is 44.2 Å². The highest BCUT2D eigenvalue weighted by Crippen LogP contribution is 2.17. The van der Waals surface area contributed by atoms with Gasteiger partial charge in [-0.1, -0.05) is 30.3 Å². The molecule has 3 rings (SSSR count). The first-order valence-corrected chi connectivity index (χ1v) is 8.36. The van der Waals surface area contributed by atoms with Crippen molar-refractivity contribution in [3.05, 3.63) is 59.9 Å². The quantitative estimate of drug-likeness (QED) is 0.710. The van der Waals surface area contributed by atoms with Crippen LogP contribution in [0.25, 0.3) is 11.0 Å². The van der Waals surface area contributed by atoms with Gasteiger partial charge in [-0.05, 0) is 25.5 Å². The van der Waals surface area contributed by atoms with Gasteiger partial charge in [-0.15, -0.1) is 0 Å². The summed E-state index contributed by atoms with van der Waals surface area (Å²) in [5, 5.41) is 17.0. The summed E-state index contributed by atoms with van der Waals surface area (Å²) in [7, 11) is 0. The largest absolute Gasteiger partial charge is 0.480 e. The van der Waals surface area contributed by atoms with Crippen molar-refractivity contribution in [1.82, 2.24) is 20.1 Å². The molecule has 1 amide bonds. The fourth-order valence-electron chi connectivity index (χ4n) is 2.73. The molecule has 0 bridgehead atoms. The smallest absolute Gasteiger partial charge is 0.326 e. The monoisotopic (exact) mass is 352 g/mol. The van der Waals surface area contributed by atoms with Crippen LogP contribution in [-0.4, -0.2) is 37.8 Å². The SMILES string of the molecule is CC(C)n1ncc2cc(C(=O)NC(Cc3ccccc3)C(=O)O)cnc21. The molecule has 1 unspecified atom stereocenters. The number of nitrogens with zero attached hydrogens (tertiary/aromatic N) is 3. The lowest BCUT2D eigenvalue weighted by atomic mass is 10.1. The first kappa shape index (κ1) is 17.6. The Bertz CT molecular complexity index is 934. The Morgan fingerprint density at radius 1 is 1.19 bits per heavy atom. The Morgan fingerprint density at radius 3 is 2.58 bits per heavy atom. The fraction of sp³-hybridized carbons (Fsp3) is 0.263. The van der Waals surface area contributed by atoms with Gasteiger partial charge in [0, 0.05) is 24.0 Å². The van der Waals surface area contributed by atoms with Crippen LogP contribution in [0.2, 0.25) is 0 Å². The van der Waals surface area contributed by atoms with Gasteiger partial charge in [0.2, 0.25) is 0 Å². The number of hydrogen-bond donors (Lipinski definition) is 2. The molecule has 3 aromatic rings. The molecule has 2 heterocycles. The van der Waals surface area contributed by atoms with E-state index in [0.717, 1.165) is 10.9 Å². The molecule has 26 heavy (non-hydrogen) atoms. The summed E-state index contributed by atoms with van der Waals surface area (Å²) in [6, 6.07) is 9.99. The minimum absolute atomic E-state index is 0.155. The second-order valence-electron chi connectivity index (χ2n) is 6.37. The molecule has 2 aromatic heterocycles. The third kappa shape index (κ3) is 3.72.